The van der Waals surface area contributed by atoms with Gasteiger partial charge in [-0.2, -0.15) is 5.26 Å². The zero-order valence-corrected chi connectivity index (χ0v) is 11.2. The summed E-state index contributed by atoms with van der Waals surface area (Å²) in [5, 5.41) is 12.3. The molecule has 18 heavy (non-hydrogen) atoms. The topological polar surface area (TPSA) is 35.8 Å². The molecule has 0 heterocycles. The number of benzene rings is 1. The van der Waals surface area contributed by atoms with Gasteiger partial charge < -0.3 is 5.32 Å². The van der Waals surface area contributed by atoms with E-state index >= 15 is 0 Å². The fraction of sp³-hybridized carbons (Fsp3) is 0.562. The van der Waals surface area contributed by atoms with E-state index in [1.807, 2.05) is 19.2 Å². The first-order valence-electron chi connectivity index (χ1n) is 6.98. The highest BCUT2D eigenvalue weighted by Crippen LogP contribution is 2.34. The van der Waals surface area contributed by atoms with E-state index in [-0.39, 0.29) is 0 Å². The number of hydrogen-bond donors (Lipinski definition) is 1. The molecule has 1 N–H and O–H groups in total. The lowest BCUT2D eigenvalue weighted by Gasteiger charge is -2.21. The summed E-state index contributed by atoms with van der Waals surface area (Å²) >= 11 is 0. The van der Waals surface area contributed by atoms with Crippen LogP contribution in [0.25, 0.3) is 0 Å². The van der Waals surface area contributed by atoms with Crippen molar-refractivity contribution >= 4 is 0 Å². The summed E-state index contributed by atoms with van der Waals surface area (Å²) < 4.78 is 0. The van der Waals surface area contributed by atoms with Gasteiger partial charge in [0.2, 0.25) is 0 Å². The summed E-state index contributed by atoms with van der Waals surface area (Å²) in [4.78, 5) is 0. The lowest BCUT2D eigenvalue weighted by Crippen LogP contribution is -2.19. The van der Waals surface area contributed by atoms with Crippen LogP contribution in [0.1, 0.15) is 49.1 Å². The Labute approximate surface area is 110 Å². The Hall–Kier alpha value is -1.33. The highest BCUT2D eigenvalue weighted by atomic mass is 14.8. The Bertz CT molecular complexity index is 413. The lowest BCUT2D eigenvalue weighted by atomic mass is 9.87. The zero-order valence-electron chi connectivity index (χ0n) is 11.2. The molecule has 1 aromatic carbocycles. The molecule has 2 heteroatoms. The third-order valence-corrected chi connectivity index (χ3v) is 4.03. The van der Waals surface area contributed by atoms with Gasteiger partial charge in [-0.3, -0.25) is 0 Å². The maximum Gasteiger partial charge on any atom is 0.0991 e. The van der Waals surface area contributed by atoms with Gasteiger partial charge in [0.25, 0.3) is 0 Å². The van der Waals surface area contributed by atoms with Crippen LogP contribution in [-0.4, -0.2) is 13.6 Å². The number of nitriles is 1. The van der Waals surface area contributed by atoms with Gasteiger partial charge in [0.15, 0.2) is 0 Å². The summed E-state index contributed by atoms with van der Waals surface area (Å²) in [6, 6.07) is 10.3. The molecule has 96 valence electrons. The summed E-state index contributed by atoms with van der Waals surface area (Å²) in [7, 11) is 2.01. The first-order chi connectivity index (χ1) is 8.83. The molecule has 1 saturated carbocycles. The quantitative estimate of drug-likeness (QED) is 0.858. The second-order valence-electron chi connectivity index (χ2n) is 5.38. The van der Waals surface area contributed by atoms with Crippen LogP contribution in [0.3, 0.4) is 0 Å². The smallest absolute Gasteiger partial charge is 0.0991 e. The zero-order chi connectivity index (χ0) is 12.8. The third-order valence-electron chi connectivity index (χ3n) is 4.03. The van der Waals surface area contributed by atoms with Gasteiger partial charge in [0.1, 0.15) is 0 Å². The van der Waals surface area contributed by atoms with E-state index in [1.165, 1.54) is 37.7 Å². The predicted octanol–water partition coefficient (Wildman–Crippen LogP) is 3.44. The molecule has 2 nitrogen and oxygen atoms in total. The number of hydrogen-bond acceptors (Lipinski definition) is 2. The molecule has 0 spiro atoms. The van der Waals surface area contributed by atoms with Crippen LogP contribution in [0.2, 0.25) is 0 Å². The maximum atomic E-state index is 8.99. The molecule has 0 saturated heterocycles. The predicted molar refractivity (Wildman–Crippen MR) is 74.4 cm³/mol. The van der Waals surface area contributed by atoms with Gasteiger partial charge in [-0.25, -0.2) is 0 Å². The van der Waals surface area contributed by atoms with Crippen LogP contribution in [0.5, 0.6) is 0 Å². The number of nitrogens with one attached hydrogen (secondary N) is 1. The molecule has 0 aliphatic heterocycles. The van der Waals surface area contributed by atoms with Crippen molar-refractivity contribution in [2.45, 2.75) is 38.0 Å². The van der Waals surface area contributed by atoms with Crippen molar-refractivity contribution in [1.29, 1.82) is 5.26 Å². The van der Waals surface area contributed by atoms with E-state index in [1.54, 1.807) is 0 Å². The Balaban J connectivity index is 2.09. The van der Waals surface area contributed by atoms with E-state index in [4.69, 9.17) is 5.26 Å². The van der Waals surface area contributed by atoms with E-state index in [0.29, 0.717) is 5.92 Å². The molecule has 1 fully saturated rings. The second-order valence-corrected chi connectivity index (χ2v) is 5.38. The third kappa shape index (κ3) is 3.34. The van der Waals surface area contributed by atoms with Gasteiger partial charge in [0, 0.05) is 6.54 Å². The highest BCUT2D eigenvalue weighted by molar-refractivity contribution is 5.34. The first-order valence-corrected chi connectivity index (χ1v) is 6.98. The van der Waals surface area contributed by atoms with Crippen molar-refractivity contribution in [3.05, 3.63) is 35.4 Å². The molecule has 1 aliphatic carbocycles. The SMILES string of the molecule is CNCC(CC1CCCC1)c1cccc(C#N)c1. The number of rotatable bonds is 5. The van der Waals surface area contributed by atoms with Crippen molar-refractivity contribution in [2.75, 3.05) is 13.6 Å². The molecule has 0 amide bonds. The van der Waals surface area contributed by atoms with Crippen LogP contribution in [0, 0.1) is 17.2 Å². The molecule has 0 aromatic heterocycles. The van der Waals surface area contributed by atoms with Crippen molar-refractivity contribution < 1.29 is 0 Å². The van der Waals surface area contributed by atoms with E-state index < -0.39 is 0 Å². The largest absolute Gasteiger partial charge is 0.319 e. The highest BCUT2D eigenvalue weighted by Gasteiger charge is 2.21. The molecule has 0 radical (unpaired) electrons. The average molecular weight is 242 g/mol. The minimum atomic E-state index is 0.548. The minimum absolute atomic E-state index is 0.548. The molecule has 1 atom stereocenters. The van der Waals surface area contributed by atoms with Crippen LogP contribution in [0.15, 0.2) is 24.3 Å². The molecule has 1 unspecified atom stereocenters. The molecular formula is C16H22N2. The van der Waals surface area contributed by atoms with Gasteiger partial charge in [-0.05, 0) is 43.0 Å². The summed E-state index contributed by atoms with van der Waals surface area (Å²) in [6.07, 6.45) is 6.83. The normalized spacial score (nSPS) is 17.6. The Morgan fingerprint density at radius 3 is 2.83 bits per heavy atom. The molecular weight excluding hydrogens is 220 g/mol. The Morgan fingerprint density at radius 1 is 1.39 bits per heavy atom. The molecule has 2 rings (SSSR count). The molecule has 1 aromatic rings. The second kappa shape index (κ2) is 6.56. The average Bonchev–Trinajstić information content (AvgIpc) is 2.91. The first kappa shape index (κ1) is 13.1. The van der Waals surface area contributed by atoms with Crippen molar-refractivity contribution in [2.24, 2.45) is 5.92 Å². The Morgan fingerprint density at radius 2 is 2.17 bits per heavy atom. The molecule has 1 aliphatic rings. The summed E-state index contributed by atoms with van der Waals surface area (Å²) in [5.74, 6) is 1.43. The fourth-order valence-corrected chi connectivity index (χ4v) is 3.09. The van der Waals surface area contributed by atoms with Crippen LogP contribution >= 0.6 is 0 Å². The maximum absolute atomic E-state index is 8.99. The monoisotopic (exact) mass is 242 g/mol. The van der Waals surface area contributed by atoms with Crippen molar-refractivity contribution in [3.8, 4) is 6.07 Å². The van der Waals surface area contributed by atoms with E-state index in [0.717, 1.165) is 18.0 Å². The van der Waals surface area contributed by atoms with E-state index in [2.05, 4.69) is 23.5 Å². The van der Waals surface area contributed by atoms with Crippen molar-refractivity contribution in [3.63, 3.8) is 0 Å². The lowest BCUT2D eigenvalue weighted by molar-refractivity contribution is 0.435. The Kier molecular flexibility index (Phi) is 4.78. The van der Waals surface area contributed by atoms with Gasteiger partial charge in [0.05, 0.1) is 11.6 Å². The molecule has 0 bridgehead atoms. The van der Waals surface area contributed by atoms with Crippen LogP contribution < -0.4 is 5.32 Å². The minimum Gasteiger partial charge on any atom is -0.319 e. The standard InChI is InChI=1S/C16H22N2/c1-18-12-16(9-13-5-2-3-6-13)15-8-4-7-14(10-15)11-17/h4,7-8,10,13,16,18H,2-3,5-6,9,12H2,1H3. The number of likely N-dealkylation sites (N-methyl/N-ethyl adjacent to an activating group) is 1. The van der Waals surface area contributed by atoms with Crippen LogP contribution in [-0.2, 0) is 0 Å². The fourth-order valence-electron chi connectivity index (χ4n) is 3.09. The number of nitrogens with zero attached hydrogens (tertiary/aromatic N) is 1. The van der Waals surface area contributed by atoms with Gasteiger partial charge in [-0.1, -0.05) is 37.8 Å². The van der Waals surface area contributed by atoms with Gasteiger partial charge in [-0.15, -0.1) is 0 Å². The summed E-state index contributed by atoms with van der Waals surface area (Å²) in [6.45, 7) is 1.01. The van der Waals surface area contributed by atoms with Gasteiger partial charge >= 0.3 is 0 Å². The van der Waals surface area contributed by atoms with Crippen LogP contribution in [0.4, 0.5) is 0 Å². The van der Waals surface area contributed by atoms with Crippen molar-refractivity contribution in [1.82, 2.24) is 5.32 Å². The van der Waals surface area contributed by atoms with E-state index in [9.17, 15) is 0 Å². The summed E-state index contributed by atoms with van der Waals surface area (Å²) in [5.41, 5.74) is 2.09.